The van der Waals surface area contributed by atoms with E-state index >= 15 is 0 Å². The number of carbonyl (C=O) groups is 3. The maximum Gasteiger partial charge on any atom is 0.389 e. The SMILES string of the molecule is O=C1NC(=O)C2(CCCCC2)C(=O)N1CCCC(F)(F)F. The lowest BCUT2D eigenvalue weighted by Crippen LogP contribution is -2.64. The highest BCUT2D eigenvalue weighted by atomic mass is 19.4. The monoisotopic (exact) mass is 306 g/mol. The fourth-order valence-electron chi connectivity index (χ4n) is 2.97. The molecule has 1 aliphatic carbocycles. The predicted octanol–water partition coefficient (Wildman–Crippen LogP) is 2.36. The van der Waals surface area contributed by atoms with E-state index in [1.165, 1.54) is 0 Å². The topological polar surface area (TPSA) is 66.5 Å². The third kappa shape index (κ3) is 3.19. The van der Waals surface area contributed by atoms with Gasteiger partial charge in [0, 0.05) is 13.0 Å². The van der Waals surface area contributed by atoms with Crippen molar-refractivity contribution in [2.45, 2.75) is 51.1 Å². The number of barbiturate groups is 1. The Hall–Kier alpha value is -1.60. The van der Waals surface area contributed by atoms with Crippen molar-refractivity contribution in [3.63, 3.8) is 0 Å². The number of nitrogens with one attached hydrogen (secondary N) is 1. The summed E-state index contributed by atoms with van der Waals surface area (Å²) in [4.78, 5) is 36.9. The quantitative estimate of drug-likeness (QED) is 0.814. The molecule has 0 aromatic heterocycles. The second-order valence-corrected chi connectivity index (χ2v) is 5.58. The van der Waals surface area contributed by atoms with Gasteiger partial charge in [-0.1, -0.05) is 19.3 Å². The van der Waals surface area contributed by atoms with E-state index in [1.807, 2.05) is 0 Å². The molecule has 0 bridgehead atoms. The van der Waals surface area contributed by atoms with E-state index in [4.69, 9.17) is 0 Å². The molecule has 2 rings (SSSR count). The molecule has 1 aliphatic heterocycles. The van der Waals surface area contributed by atoms with E-state index in [9.17, 15) is 27.6 Å². The van der Waals surface area contributed by atoms with Crippen molar-refractivity contribution in [1.29, 1.82) is 0 Å². The first-order valence-corrected chi connectivity index (χ1v) is 7.00. The zero-order valence-corrected chi connectivity index (χ0v) is 11.5. The molecule has 1 saturated carbocycles. The second kappa shape index (κ2) is 5.65. The molecular formula is C13H17F3N2O3. The molecule has 0 atom stereocenters. The summed E-state index contributed by atoms with van der Waals surface area (Å²) in [6.07, 6.45) is -2.75. The first-order chi connectivity index (χ1) is 9.76. The van der Waals surface area contributed by atoms with Crippen LogP contribution in [-0.4, -0.2) is 35.5 Å². The highest BCUT2D eigenvalue weighted by Gasteiger charge is 2.53. The van der Waals surface area contributed by atoms with Crippen molar-refractivity contribution in [2.75, 3.05) is 6.54 Å². The van der Waals surface area contributed by atoms with E-state index in [1.54, 1.807) is 0 Å². The van der Waals surface area contributed by atoms with Crippen LogP contribution in [0.25, 0.3) is 0 Å². The summed E-state index contributed by atoms with van der Waals surface area (Å²) >= 11 is 0. The van der Waals surface area contributed by atoms with E-state index in [2.05, 4.69) is 5.32 Å². The van der Waals surface area contributed by atoms with Crippen LogP contribution in [0.4, 0.5) is 18.0 Å². The fraction of sp³-hybridized carbons (Fsp3) is 0.769. The molecule has 0 unspecified atom stereocenters. The summed E-state index contributed by atoms with van der Waals surface area (Å²) in [5, 5.41) is 2.11. The van der Waals surface area contributed by atoms with Gasteiger partial charge in [-0.3, -0.25) is 19.8 Å². The van der Waals surface area contributed by atoms with Gasteiger partial charge in [0.25, 0.3) is 0 Å². The average Bonchev–Trinajstić information content (AvgIpc) is 2.41. The molecule has 21 heavy (non-hydrogen) atoms. The Labute approximate surface area is 119 Å². The molecule has 2 fully saturated rings. The molecule has 118 valence electrons. The lowest BCUT2D eigenvalue weighted by Gasteiger charge is -2.41. The standard InChI is InChI=1S/C13H17F3N2O3/c14-13(15,16)7-4-8-18-10(20)12(5-2-1-3-6-12)9(19)17-11(18)21/h1-8H2,(H,17,19,21). The van der Waals surface area contributed by atoms with Crippen LogP contribution in [0.1, 0.15) is 44.9 Å². The molecule has 0 radical (unpaired) electrons. The van der Waals surface area contributed by atoms with Gasteiger partial charge in [0.1, 0.15) is 5.41 Å². The first kappa shape index (κ1) is 15.8. The van der Waals surface area contributed by atoms with E-state index in [-0.39, 0.29) is 13.0 Å². The van der Waals surface area contributed by atoms with Crippen LogP contribution in [0, 0.1) is 5.41 Å². The van der Waals surface area contributed by atoms with Crippen molar-refractivity contribution < 1.29 is 27.6 Å². The number of halogens is 3. The van der Waals surface area contributed by atoms with Gasteiger partial charge >= 0.3 is 12.2 Å². The van der Waals surface area contributed by atoms with Gasteiger partial charge in [0.05, 0.1) is 0 Å². The number of rotatable bonds is 3. The third-order valence-corrected chi connectivity index (χ3v) is 4.10. The highest BCUT2D eigenvalue weighted by molar-refractivity contribution is 6.19. The Balaban J connectivity index is 2.08. The molecule has 0 aromatic rings. The number of nitrogens with zero attached hydrogens (tertiary/aromatic N) is 1. The molecule has 1 saturated heterocycles. The Morgan fingerprint density at radius 1 is 1.10 bits per heavy atom. The molecule has 5 nitrogen and oxygen atoms in total. The highest BCUT2D eigenvalue weighted by Crippen LogP contribution is 2.40. The van der Waals surface area contributed by atoms with Crippen LogP contribution in [0.5, 0.6) is 0 Å². The number of amides is 4. The predicted molar refractivity (Wildman–Crippen MR) is 66.1 cm³/mol. The molecule has 1 spiro atoms. The summed E-state index contributed by atoms with van der Waals surface area (Å²) < 4.78 is 36.5. The minimum Gasteiger partial charge on any atom is -0.277 e. The molecule has 2 aliphatic rings. The van der Waals surface area contributed by atoms with Crippen molar-refractivity contribution in [3.05, 3.63) is 0 Å². The molecule has 8 heteroatoms. The smallest absolute Gasteiger partial charge is 0.277 e. The van der Waals surface area contributed by atoms with Gasteiger partial charge in [0.15, 0.2) is 0 Å². The zero-order valence-electron chi connectivity index (χ0n) is 11.5. The van der Waals surface area contributed by atoms with Gasteiger partial charge in [-0.2, -0.15) is 13.2 Å². The molecule has 0 aromatic carbocycles. The summed E-state index contributed by atoms with van der Waals surface area (Å²) in [6, 6.07) is -0.914. The third-order valence-electron chi connectivity index (χ3n) is 4.10. The number of alkyl halides is 3. The fourth-order valence-corrected chi connectivity index (χ4v) is 2.97. The summed E-state index contributed by atoms with van der Waals surface area (Å²) in [5.41, 5.74) is -1.26. The zero-order chi connectivity index (χ0) is 15.7. The van der Waals surface area contributed by atoms with Gasteiger partial charge in [-0.25, -0.2) is 4.79 Å². The Morgan fingerprint density at radius 3 is 2.29 bits per heavy atom. The van der Waals surface area contributed by atoms with E-state index in [0.29, 0.717) is 25.7 Å². The van der Waals surface area contributed by atoms with Crippen LogP contribution >= 0.6 is 0 Å². The van der Waals surface area contributed by atoms with E-state index in [0.717, 1.165) is 11.3 Å². The minimum atomic E-state index is -4.33. The molecule has 1 N–H and O–H groups in total. The Morgan fingerprint density at radius 2 is 1.71 bits per heavy atom. The normalized spacial score (nSPS) is 22.6. The second-order valence-electron chi connectivity index (χ2n) is 5.58. The molecule has 4 amide bonds. The van der Waals surface area contributed by atoms with Crippen LogP contribution in [0.3, 0.4) is 0 Å². The number of hydrogen-bond acceptors (Lipinski definition) is 3. The van der Waals surface area contributed by atoms with Crippen LogP contribution in [-0.2, 0) is 9.59 Å². The van der Waals surface area contributed by atoms with Crippen molar-refractivity contribution in [3.8, 4) is 0 Å². The Kier molecular flexibility index (Phi) is 4.25. The number of imide groups is 2. The first-order valence-electron chi connectivity index (χ1n) is 7.00. The van der Waals surface area contributed by atoms with Crippen molar-refractivity contribution >= 4 is 17.8 Å². The summed E-state index contributed by atoms with van der Waals surface area (Å²) in [7, 11) is 0. The summed E-state index contributed by atoms with van der Waals surface area (Å²) in [5.74, 6) is -1.25. The largest absolute Gasteiger partial charge is 0.389 e. The van der Waals surface area contributed by atoms with Gasteiger partial charge < -0.3 is 0 Å². The molecule has 1 heterocycles. The van der Waals surface area contributed by atoms with Gasteiger partial charge in [-0.05, 0) is 19.3 Å². The van der Waals surface area contributed by atoms with Crippen LogP contribution in [0.2, 0.25) is 0 Å². The van der Waals surface area contributed by atoms with Gasteiger partial charge in [0.2, 0.25) is 11.8 Å². The molecular weight excluding hydrogens is 289 g/mol. The van der Waals surface area contributed by atoms with Gasteiger partial charge in [-0.15, -0.1) is 0 Å². The van der Waals surface area contributed by atoms with Crippen LogP contribution < -0.4 is 5.32 Å². The Bertz CT molecular complexity index is 456. The maximum absolute atomic E-state index is 12.4. The van der Waals surface area contributed by atoms with Crippen molar-refractivity contribution in [1.82, 2.24) is 10.2 Å². The lowest BCUT2D eigenvalue weighted by molar-refractivity contribution is -0.155. The number of hydrogen-bond donors (Lipinski definition) is 1. The number of carbonyl (C=O) groups excluding carboxylic acids is 3. The minimum absolute atomic E-state index is 0.320. The summed E-state index contributed by atoms with van der Waals surface area (Å²) in [6.45, 7) is -0.320. The number of urea groups is 1. The lowest BCUT2D eigenvalue weighted by atomic mass is 9.71. The maximum atomic E-state index is 12.4. The average molecular weight is 306 g/mol. The van der Waals surface area contributed by atoms with Crippen LogP contribution in [0.15, 0.2) is 0 Å². The van der Waals surface area contributed by atoms with Crippen molar-refractivity contribution in [2.24, 2.45) is 5.41 Å². The van der Waals surface area contributed by atoms with E-state index < -0.39 is 35.9 Å².